The quantitative estimate of drug-likeness (QED) is 0.575. The minimum Gasteiger partial charge on any atom is -0.459 e. The molecule has 1 aromatic carbocycles. The molecule has 0 bridgehead atoms. The van der Waals surface area contributed by atoms with Crippen LogP contribution >= 0.6 is 26.6 Å². The summed E-state index contributed by atoms with van der Waals surface area (Å²) in [5, 5.41) is 0. The Balaban J connectivity index is 2.30. The number of carbonyl (C=O) groups excluding carboxylic acids is 1. The van der Waals surface area contributed by atoms with Crippen molar-refractivity contribution in [2.75, 3.05) is 13.2 Å². The molecule has 0 unspecified atom stereocenters. The lowest BCUT2D eigenvalue weighted by Gasteiger charge is -2.22. The monoisotopic (exact) mass is 400 g/mol. The number of halogens is 3. The van der Waals surface area contributed by atoms with E-state index in [4.69, 9.17) is 20.2 Å². The SMILES string of the molecule is O=C(OC1CCOCC1)c1cc(Br)cc(S(=O)(=O)Cl)c1F. The maximum absolute atomic E-state index is 14.1. The number of ether oxygens (including phenoxy) is 2. The first-order valence-electron chi connectivity index (χ1n) is 6.01. The molecule has 0 N–H and O–H groups in total. The molecule has 1 aliphatic heterocycles. The molecule has 0 atom stereocenters. The molecule has 5 nitrogen and oxygen atoms in total. The molecule has 1 saturated heterocycles. The van der Waals surface area contributed by atoms with E-state index in [1.807, 2.05) is 0 Å². The van der Waals surface area contributed by atoms with E-state index < -0.39 is 31.3 Å². The van der Waals surface area contributed by atoms with Crippen molar-refractivity contribution in [1.82, 2.24) is 0 Å². The van der Waals surface area contributed by atoms with Crippen LogP contribution in [-0.4, -0.2) is 33.7 Å². The normalized spacial score (nSPS) is 16.7. The van der Waals surface area contributed by atoms with Crippen molar-refractivity contribution in [3.63, 3.8) is 0 Å². The fraction of sp³-hybridized carbons (Fsp3) is 0.417. The van der Waals surface area contributed by atoms with Gasteiger partial charge in [0.1, 0.15) is 11.0 Å². The molecule has 0 saturated carbocycles. The van der Waals surface area contributed by atoms with Gasteiger partial charge in [0, 0.05) is 28.0 Å². The lowest BCUT2D eigenvalue weighted by molar-refractivity contribution is -0.0162. The zero-order valence-electron chi connectivity index (χ0n) is 10.6. The summed E-state index contributed by atoms with van der Waals surface area (Å²) in [5.41, 5.74) is -0.477. The predicted octanol–water partition coefficient (Wildman–Crippen LogP) is 2.85. The highest BCUT2D eigenvalue weighted by Gasteiger charge is 2.26. The van der Waals surface area contributed by atoms with E-state index in [1.54, 1.807) is 0 Å². The molecule has 0 aliphatic carbocycles. The Morgan fingerprint density at radius 1 is 1.38 bits per heavy atom. The van der Waals surface area contributed by atoms with Gasteiger partial charge in [-0.3, -0.25) is 0 Å². The van der Waals surface area contributed by atoms with Crippen molar-refractivity contribution in [3.8, 4) is 0 Å². The first kappa shape index (κ1) is 16.7. The van der Waals surface area contributed by atoms with E-state index in [2.05, 4.69) is 15.9 Å². The Labute approximate surface area is 133 Å². The van der Waals surface area contributed by atoms with Crippen LogP contribution in [0.5, 0.6) is 0 Å². The molecule has 0 spiro atoms. The van der Waals surface area contributed by atoms with Crippen LogP contribution in [-0.2, 0) is 18.5 Å². The van der Waals surface area contributed by atoms with Crippen molar-refractivity contribution in [3.05, 3.63) is 28.0 Å². The minimum atomic E-state index is -4.31. The Kier molecular flexibility index (Phi) is 5.24. The van der Waals surface area contributed by atoms with E-state index >= 15 is 0 Å². The summed E-state index contributed by atoms with van der Waals surface area (Å²) in [4.78, 5) is 11.2. The third-order valence-corrected chi connectivity index (χ3v) is 4.71. The molecule has 1 aromatic rings. The zero-order valence-corrected chi connectivity index (χ0v) is 13.8. The van der Waals surface area contributed by atoms with Gasteiger partial charge in [0.2, 0.25) is 0 Å². The summed E-state index contributed by atoms with van der Waals surface area (Å²) in [6.45, 7) is 0.917. The Morgan fingerprint density at radius 3 is 2.57 bits per heavy atom. The van der Waals surface area contributed by atoms with E-state index in [-0.39, 0.29) is 10.6 Å². The first-order chi connectivity index (χ1) is 9.79. The van der Waals surface area contributed by atoms with Gasteiger partial charge in [0.05, 0.1) is 18.8 Å². The highest BCUT2D eigenvalue weighted by atomic mass is 79.9. The molecular weight excluding hydrogens is 391 g/mol. The molecular formula is C12H11BrClFO5S. The summed E-state index contributed by atoms with van der Waals surface area (Å²) >= 11 is 3.02. The third-order valence-electron chi connectivity index (χ3n) is 2.93. The van der Waals surface area contributed by atoms with Crippen LogP contribution in [0.1, 0.15) is 23.2 Å². The average molecular weight is 402 g/mol. The number of hydrogen-bond donors (Lipinski definition) is 0. The molecule has 0 aromatic heterocycles. The number of carbonyl (C=O) groups is 1. The Bertz CT molecular complexity index is 658. The van der Waals surface area contributed by atoms with Crippen LogP contribution in [0.4, 0.5) is 4.39 Å². The lowest BCUT2D eigenvalue weighted by Crippen LogP contribution is -2.26. The smallest absolute Gasteiger partial charge is 0.341 e. The second kappa shape index (κ2) is 6.60. The summed E-state index contributed by atoms with van der Waals surface area (Å²) < 4.78 is 47.3. The minimum absolute atomic E-state index is 0.210. The van der Waals surface area contributed by atoms with Crippen LogP contribution < -0.4 is 0 Å². The van der Waals surface area contributed by atoms with Gasteiger partial charge in [-0.15, -0.1) is 0 Å². The average Bonchev–Trinajstić information content (AvgIpc) is 2.40. The topological polar surface area (TPSA) is 69.7 Å². The van der Waals surface area contributed by atoms with Gasteiger partial charge < -0.3 is 9.47 Å². The van der Waals surface area contributed by atoms with Crippen molar-refractivity contribution >= 4 is 41.6 Å². The van der Waals surface area contributed by atoms with Crippen LogP contribution in [0.15, 0.2) is 21.5 Å². The number of benzene rings is 1. The second-order valence-electron chi connectivity index (χ2n) is 4.42. The highest BCUT2D eigenvalue weighted by Crippen LogP contribution is 2.27. The third kappa shape index (κ3) is 4.15. The number of hydrogen-bond acceptors (Lipinski definition) is 5. The van der Waals surface area contributed by atoms with Crippen molar-refractivity contribution in [2.24, 2.45) is 0 Å². The number of esters is 1. The fourth-order valence-corrected chi connectivity index (χ4v) is 3.44. The van der Waals surface area contributed by atoms with Crippen LogP contribution in [0, 0.1) is 5.82 Å². The number of rotatable bonds is 3. The maximum Gasteiger partial charge on any atom is 0.341 e. The van der Waals surface area contributed by atoms with Crippen LogP contribution in [0.3, 0.4) is 0 Å². The Morgan fingerprint density at radius 2 is 2.00 bits per heavy atom. The predicted molar refractivity (Wildman–Crippen MR) is 76.4 cm³/mol. The lowest BCUT2D eigenvalue weighted by atomic mass is 10.1. The second-order valence-corrected chi connectivity index (χ2v) is 7.87. The van der Waals surface area contributed by atoms with E-state index in [0.29, 0.717) is 26.1 Å². The molecule has 21 heavy (non-hydrogen) atoms. The summed E-state index contributed by atoms with van der Waals surface area (Å²) in [5.74, 6) is -2.15. The Hall–Kier alpha value is -0.700. The van der Waals surface area contributed by atoms with Gasteiger partial charge in [-0.25, -0.2) is 17.6 Å². The van der Waals surface area contributed by atoms with Gasteiger partial charge in [-0.05, 0) is 12.1 Å². The first-order valence-corrected chi connectivity index (χ1v) is 9.11. The van der Waals surface area contributed by atoms with E-state index in [1.165, 1.54) is 0 Å². The summed E-state index contributed by atoms with van der Waals surface area (Å²) in [6.07, 6.45) is 0.657. The van der Waals surface area contributed by atoms with Crippen LogP contribution in [0.2, 0.25) is 0 Å². The molecule has 2 rings (SSSR count). The standard InChI is InChI=1S/C12H11BrClFO5S/c13-7-5-9(11(15)10(6-7)21(14,17)18)12(16)20-8-1-3-19-4-2-8/h5-6,8H,1-4H2. The molecule has 116 valence electrons. The zero-order chi connectivity index (χ0) is 15.6. The molecule has 1 aliphatic rings. The summed E-state index contributed by atoms with van der Waals surface area (Å²) in [6, 6.07) is 2.14. The molecule has 1 heterocycles. The van der Waals surface area contributed by atoms with Crippen molar-refractivity contribution in [2.45, 2.75) is 23.8 Å². The summed E-state index contributed by atoms with van der Waals surface area (Å²) in [7, 11) is 0.841. The largest absolute Gasteiger partial charge is 0.459 e. The van der Waals surface area contributed by atoms with Crippen LogP contribution in [0.25, 0.3) is 0 Å². The van der Waals surface area contributed by atoms with Crippen molar-refractivity contribution < 1.29 is 27.1 Å². The van der Waals surface area contributed by atoms with E-state index in [9.17, 15) is 17.6 Å². The molecule has 0 amide bonds. The van der Waals surface area contributed by atoms with Crippen molar-refractivity contribution in [1.29, 1.82) is 0 Å². The van der Waals surface area contributed by atoms with Gasteiger partial charge in [-0.2, -0.15) is 0 Å². The molecule has 0 radical (unpaired) electrons. The maximum atomic E-state index is 14.1. The van der Waals surface area contributed by atoms with Gasteiger partial charge in [0.15, 0.2) is 5.82 Å². The van der Waals surface area contributed by atoms with E-state index in [0.717, 1.165) is 12.1 Å². The van der Waals surface area contributed by atoms with Gasteiger partial charge >= 0.3 is 5.97 Å². The highest BCUT2D eigenvalue weighted by molar-refractivity contribution is 9.10. The fourth-order valence-electron chi connectivity index (χ4n) is 1.90. The molecule has 1 fully saturated rings. The van der Waals surface area contributed by atoms with Gasteiger partial charge in [0.25, 0.3) is 9.05 Å². The molecule has 9 heteroatoms. The van der Waals surface area contributed by atoms with Gasteiger partial charge in [-0.1, -0.05) is 15.9 Å².